The van der Waals surface area contributed by atoms with Gasteiger partial charge in [0.05, 0.1) is 5.52 Å². The van der Waals surface area contributed by atoms with Crippen molar-refractivity contribution < 1.29 is 0 Å². The van der Waals surface area contributed by atoms with E-state index in [0.717, 1.165) is 11.0 Å². The van der Waals surface area contributed by atoms with Crippen LogP contribution in [-0.4, -0.2) is 15.4 Å². The fraction of sp³-hybridized carbons (Fsp3) is 0. The Morgan fingerprint density at radius 3 is 3.00 bits per heavy atom. The normalized spacial score (nSPS) is 9.55. The summed E-state index contributed by atoms with van der Waals surface area (Å²) in [6, 6.07) is 5.40. The van der Waals surface area contributed by atoms with Crippen LogP contribution in [0, 0.1) is 0 Å². The first-order valence-electron chi connectivity index (χ1n) is 2.82. The van der Waals surface area contributed by atoms with Gasteiger partial charge in [0.2, 0.25) is 0 Å². The number of aromatic nitrogens is 3. The lowest BCUT2D eigenvalue weighted by atomic mass is 10.3. The Bertz CT molecular complexity index is 357. The van der Waals surface area contributed by atoms with Crippen molar-refractivity contribution in [2.75, 3.05) is 0 Å². The van der Waals surface area contributed by atoms with Gasteiger partial charge in [-0.2, -0.15) is 0 Å². The van der Waals surface area contributed by atoms with E-state index >= 15 is 0 Å². The lowest BCUT2D eigenvalue weighted by Crippen LogP contribution is -1.67. The molecule has 0 radical (unpaired) electrons. The summed E-state index contributed by atoms with van der Waals surface area (Å²) in [6.45, 7) is 0. The molecule has 11 heavy (non-hydrogen) atoms. The highest BCUT2D eigenvalue weighted by Gasteiger charge is 1.95. The highest BCUT2D eigenvalue weighted by atomic mass is 35.5. The van der Waals surface area contributed by atoms with Crippen molar-refractivity contribution in [3.63, 3.8) is 0 Å². The van der Waals surface area contributed by atoms with Crippen LogP contribution in [0.3, 0.4) is 0 Å². The first-order chi connectivity index (χ1) is 4.86. The molecular weight excluding hydrogens is 185 g/mol. The van der Waals surface area contributed by atoms with E-state index < -0.39 is 0 Å². The number of nitrogens with zero attached hydrogens (tertiary/aromatic N) is 2. The van der Waals surface area contributed by atoms with Gasteiger partial charge in [0.15, 0.2) is 0 Å². The molecule has 0 fully saturated rings. The Morgan fingerprint density at radius 1 is 1.36 bits per heavy atom. The molecule has 2 rings (SSSR count). The molecule has 0 unspecified atom stereocenters. The second-order valence-electron chi connectivity index (χ2n) is 1.97. The van der Waals surface area contributed by atoms with Crippen molar-refractivity contribution in [1.82, 2.24) is 15.4 Å². The van der Waals surface area contributed by atoms with E-state index in [1.165, 1.54) is 0 Å². The van der Waals surface area contributed by atoms with Crippen LogP contribution < -0.4 is 0 Å². The molecule has 58 valence electrons. The molecule has 0 saturated heterocycles. The van der Waals surface area contributed by atoms with Crippen LogP contribution in [0.4, 0.5) is 0 Å². The van der Waals surface area contributed by atoms with E-state index in [1.54, 1.807) is 12.1 Å². The fourth-order valence-corrected chi connectivity index (χ4v) is 0.981. The summed E-state index contributed by atoms with van der Waals surface area (Å²) in [5.41, 5.74) is 1.71. The van der Waals surface area contributed by atoms with Gasteiger partial charge in [-0.3, -0.25) is 5.10 Å². The third-order valence-electron chi connectivity index (χ3n) is 1.29. The lowest BCUT2D eigenvalue weighted by Gasteiger charge is -1.85. The first-order valence-corrected chi connectivity index (χ1v) is 3.20. The molecule has 0 aliphatic carbocycles. The minimum Gasteiger partial charge on any atom is -0.258 e. The van der Waals surface area contributed by atoms with Crippen molar-refractivity contribution >= 4 is 35.0 Å². The molecule has 0 aliphatic rings. The molecule has 0 aliphatic heterocycles. The fourth-order valence-electron chi connectivity index (χ4n) is 0.815. The van der Waals surface area contributed by atoms with Crippen LogP contribution in [0.5, 0.6) is 0 Å². The second-order valence-corrected chi connectivity index (χ2v) is 2.41. The summed E-state index contributed by atoms with van der Waals surface area (Å²) in [5, 5.41) is 10.8. The van der Waals surface area contributed by atoms with Gasteiger partial charge in [-0.25, -0.2) is 0 Å². The standard InChI is InChI=1S/C6H4ClN3.ClH/c7-4-1-2-5-6(3-4)9-10-8-5;/h1-3H,(H,8,9,10);1H. The van der Waals surface area contributed by atoms with Crippen LogP contribution in [-0.2, 0) is 0 Å². The van der Waals surface area contributed by atoms with Gasteiger partial charge in [0.1, 0.15) is 5.52 Å². The minimum atomic E-state index is 0. The van der Waals surface area contributed by atoms with Crippen molar-refractivity contribution in [3.8, 4) is 0 Å². The van der Waals surface area contributed by atoms with E-state index in [1.807, 2.05) is 6.07 Å². The summed E-state index contributed by atoms with van der Waals surface area (Å²) >= 11 is 5.69. The van der Waals surface area contributed by atoms with Crippen LogP contribution in [0.1, 0.15) is 0 Å². The second kappa shape index (κ2) is 3.07. The zero-order valence-corrected chi connectivity index (χ0v) is 6.99. The van der Waals surface area contributed by atoms with E-state index in [4.69, 9.17) is 11.6 Å². The van der Waals surface area contributed by atoms with E-state index in [9.17, 15) is 0 Å². The van der Waals surface area contributed by atoms with Crippen molar-refractivity contribution in [1.29, 1.82) is 0 Å². The van der Waals surface area contributed by atoms with E-state index in [-0.39, 0.29) is 12.4 Å². The molecule has 1 aromatic carbocycles. The Kier molecular flexibility index (Phi) is 2.31. The predicted octanol–water partition coefficient (Wildman–Crippen LogP) is 2.03. The Morgan fingerprint density at radius 2 is 2.18 bits per heavy atom. The van der Waals surface area contributed by atoms with Crippen LogP contribution in [0.2, 0.25) is 5.02 Å². The maximum atomic E-state index is 5.69. The zero-order valence-electron chi connectivity index (χ0n) is 5.41. The number of hydrogen-bond donors (Lipinski definition) is 1. The molecule has 0 saturated carbocycles. The highest BCUT2D eigenvalue weighted by molar-refractivity contribution is 6.31. The summed E-state index contributed by atoms with van der Waals surface area (Å²) in [7, 11) is 0. The molecule has 1 N–H and O–H groups in total. The predicted molar refractivity (Wildman–Crippen MR) is 46.1 cm³/mol. The Hall–Kier alpha value is -0.800. The molecule has 1 aromatic heterocycles. The number of hydrogen-bond acceptors (Lipinski definition) is 2. The minimum absolute atomic E-state index is 0. The van der Waals surface area contributed by atoms with Crippen LogP contribution >= 0.6 is 24.0 Å². The molecular formula is C6H5Cl2N3. The SMILES string of the molecule is Cl.Clc1ccc2[nH]nnc2c1. The van der Waals surface area contributed by atoms with Gasteiger partial charge < -0.3 is 0 Å². The number of halogens is 2. The number of H-pyrrole nitrogens is 1. The molecule has 0 spiro atoms. The zero-order chi connectivity index (χ0) is 6.97. The summed E-state index contributed by atoms with van der Waals surface area (Å²) < 4.78 is 0. The van der Waals surface area contributed by atoms with Crippen molar-refractivity contribution in [2.24, 2.45) is 0 Å². The Balaban J connectivity index is 0.000000605. The smallest absolute Gasteiger partial charge is 0.114 e. The number of fused-ring (bicyclic) bond motifs is 1. The van der Waals surface area contributed by atoms with Gasteiger partial charge in [0.25, 0.3) is 0 Å². The topological polar surface area (TPSA) is 41.6 Å². The maximum absolute atomic E-state index is 5.69. The first kappa shape index (κ1) is 8.30. The summed E-state index contributed by atoms with van der Waals surface area (Å²) in [4.78, 5) is 0. The van der Waals surface area contributed by atoms with E-state index in [2.05, 4.69) is 15.4 Å². The largest absolute Gasteiger partial charge is 0.258 e. The average molecular weight is 190 g/mol. The number of benzene rings is 1. The molecule has 5 heteroatoms. The Labute approximate surface area is 74.2 Å². The number of aromatic amines is 1. The molecule has 3 nitrogen and oxygen atoms in total. The highest BCUT2D eigenvalue weighted by Crippen LogP contribution is 2.13. The van der Waals surface area contributed by atoms with Gasteiger partial charge in [0, 0.05) is 5.02 Å². The number of rotatable bonds is 0. The van der Waals surface area contributed by atoms with Crippen molar-refractivity contribution in [2.45, 2.75) is 0 Å². The monoisotopic (exact) mass is 189 g/mol. The third-order valence-corrected chi connectivity index (χ3v) is 1.52. The lowest BCUT2D eigenvalue weighted by molar-refractivity contribution is 0.959. The van der Waals surface area contributed by atoms with Crippen molar-refractivity contribution in [3.05, 3.63) is 23.2 Å². The maximum Gasteiger partial charge on any atom is 0.114 e. The molecule has 0 amide bonds. The number of nitrogens with one attached hydrogen (secondary N) is 1. The quantitative estimate of drug-likeness (QED) is 0.690. The molecule has 1 heterocycles. The summed E-state index contributed by atoms with van der Waals surface area (Å²) in [6.07, 6.45) is 0. The molecule has 2 aromatic rings. The molecule has 0 atom stereocenters. The van der Waals surface area contributed by atoms with Gasteiger partial charge in [-0.05, 0) is 18.2 Å². The summed E-state index contributed by atoms with van der Waals surface area (Å²) in [5.74, 6) is 0. The van der Waals surface area contributed by atoms with E-state index in [0.29, 0.717) is 5.02 Å². The van der Waals surface area contributed by atoms with Gasteiger partial charge in [-0.1, -0.05) is 16.8 Å². The molecule has 0 bridgehead atoms. The van der Waals surface area contributed by atoms with Crippen LogP contribution in [0.15, 0.2) is 18.2 Å². The van der Waals surface area contributed by atoms with Crippen LogP contribution in [0.25, 0.3) is 11.0 Å². The van der Waals surface area contributed by atoms with Gasteiger partial charge in [-0.15, -0.1) is 17.5 Å². The third kappa shape index (κ3) is 1.44. The average Bonchev–Trinajstić information content (AvgIpc) is 2.33. The van der Waals surface area contributed by atoms with Gasteiger partial charge >= 0.3 is 0 Å².